The normalized spacial score (nSPS) is 17.1. The number of rotatable bonds is 7. The van der Waals surface area contributed by atoms with Crippen LogP contribution >= 0.6 is 0 Å². The van der Waals surface area contributed by atoms with Gasteiger partial charge >= 0.3 is 0 Å². The van der Waals surface area contributed by atoms with Gasteiger partial charge in [0.25, 0.3) is 0 Å². The lowest BCUT2D eigenvalue weighted by atomic mass is 10.0. The van der Waals surface area contributed by atoms with Gasteiger partial charge in [-0.1, -0.05) is 30.3 Å². The highest BCUT2D eigenvalue weighted by Crippen LogP contribution is 2.31. The summed E-state index contributed by atoms with van der Waals surface area (Å²) >= 11 is 0. The van der Waals surface area contributed by atoms with Crippen LogP contribution in [0.3, 0.4) is 0 Å². The average molecular weight is 396 g/mol. The molecular weight excluding hydrogens is 368 g/mol. The third kappa shape index (κ3) is 4.95. The van der Waals surface area contributed by atoms with E-state index >= 15 is 0 Å². The highest BCUT2D eigenvalue weighted by Gasteiger charge is 2.30. The van der Waals surface area contributed by atoms with Gasteiger partial charge in [0.2, 0.25) is 5.91 Å². The molecular formula is C23H28N2O4. The van der Waals surface area contributed by atoms with Gasteiger partial charge in [-0.15, -0.1) is 0 Å². The van der Waals surface area contributed by atoms with E-state index in [4.69, 9.17) is 9.47 Å². The molecule has 6 nitrogen and oxygen atoms in total. The van der Waals surface area contributed by atoms with Gasteiger partial charge in [0.05, 0.1) is 20.3 Å². The van der Waals surface area contributed by atoms with Crippen molar-refractivity contribution in [1.82, 2.24) is 9.80 Å². The molecule has 1 aliphatic rings. The lowest BCUT2D eigenvalue weighted by molar-refractivity contribution is -0.134. The second-order valence-electron chi connectivity index (χ2n) is 7.23. The maximum Gasteiger partial charge on any atom is 0.223 e. The van der Waals surface area contributed by atoms with Crippen molar-refractivity contribution in [1.29, 1.82) is 0 Å². The molecule has 0 radical (unpaired) electrons. The van der Waals surface area contributed by atoms with Gasteiger partial charge in [0.1, 0.15) is 11.5 Å². The molecule has 29 heavy (non-hydrogen) atoms. The van der Waals surface area contributed by atoms with Crippen LogP contribution in [0.4, 0.5) is 0 Å². The van der Waals surface area contributed by atoms with E-state index in [-0.39, 0.29) is 30.6 Å². The van der Waals surface area contributed by atoms with Crippen molar-refractivity contribution in [3.8, 4) is 11.5 Å². The zero-order valence-corrected chi connectivity index (χ0v) is 17.3. The number of nitrogens with zero attached hydrogens (tertiary/aromatic N) is 2. The Bertz CT molecular complexity index is 867. The Morgan fingerprint density at radius 1 is 1.00 bits per heavy atom. The minimum absolute atomic E-state index is 0.00856. The monoisotopic (exact) mass is 396 g/mol. The van der Waals surface area contributed by atoms with Gasteiger partial charge in [0, 0.05) is 43.6 Å². The van der Waals surface area contributed by atoms with Crippen LogP contribution in [-0.4, -0.2) is 62.4 Å². The minimum Gasteiger partial charge on any atom is -0.497 e. The topological polar surface area (TPSA) is 59.1 Å². The summed E-state index contributed by atoms with van der Waals surface area (Å²) in [7, 11) is 5.29. The second kappa shape index (κ2) is 9.56. The summed E-state index contributed by atoms with van der Waals surface area (Å²) in [5.74, 6) is 1.43. The van der Waals surface area contributed by atoms with Crippen LogP contribution in [0.15, 0.2) is 48.5 Å². The van der Waals surface area contributed by atoms with Crippen LogP contribution in [0.1, 0.15) is 34.8 Å². The SMILES string of the molecule is COc1cccc(C(=O)CCC(=O)N2CCN(C)C(c3ccccc3OC)C2)c1. The van der Waals surface area contributed by atoms with Crippen molar-refractivity contribution in [2.45, 2.75) is 18.9 Å². The summed E-state index contributed by atoms with van der Waals surface area (Å²) < 4.78 is 10.7. The summed E-state index contributed by atoms with van der Waals surface area (Å²) in [5, 5.41) is 0. The molecule has 0 aliphatic carbocycles. The Hall–Kier alpha value is -2.86. The molecule has 0 bridgehead atoms. The van der Waals surface area contributed by atoms with Gasteiger partial charge in [-0.2, -0.15) is 0 Å². The molecule has 0 N–H and O–H groups in total. The van der Waals surface area contributed by atoms with Gasteiger partial charge < -0.3 is 14.4 Å². The number of hydrogen-bond acceptors (Lipinski definition) is 5. The summed E-state index contributed by atoms with van der Waals surface area (Å²) in [6.07, 6.45) is 0.399. The Morgan fingerprint density at radius 3 is 2.55 bits per heavy atom. The standard InChI is InChI=1S/C23H28N2O4/c1-24-13-14-25(16-20(24)19-9-4-5-10-22(19)29-3)23(27)12-11-21(26)17-7-6-8-18(15-17)28-2/h4-10,15,20H,11-14,16H2,1-3H3. The summed E-state index contributed by atoms with van der Waals surface area (Å²) in [4.78, 5) is 29.4. The lowest BCUT2D eigenvalue weighted by Crippen LogP contribution is -2.49. The molecule has 1 fully saturated rings. The Kier molecular flexibility index (Phi) is 6.88. The number of Topliss-reactive ketones (excluding diaryl/α,β-unsaturated/α-hetero) is 1. The molecule has 2 aromatic rings. The quantitative estimate of drug-likeness (QED) is 0.673. The van der Waals surface area contributed by atoms with Crippen LogP contribution in [0.25, 0.3) is 0 Å². The van der Waals surface area contributed by atoms with Gasteiger partial charge in [-0.25, -0.2) is 0 Å². The van der Waals surface area contributed by atoms with Crippen molar-refractivity contribution in [3.63, 3.8) is 0 Å². The number of carbonyl (C=O) groups excluding carboxylic acids is 2. The molecule has 0 aromatic heterocycles. The lowest BCUT2D eigenvalue weighted by Gasteiger charge is -2.40. The van der Waals surface area contributed by atoms with E-state index in [0.717, 1.165) is 17.9 Å². The van der Waals surface area contributed by atoms with Crippen molar-refractivity contribution in [2.75, 3.05) is 40.9 Å². The van der Waals surface area contributed by atoms with Crippen molar-refractivity contribution >= 4 is 11.7 Å². The molecule has 1 heterocycles. The summed E-state index contributed by atoms with van der Waals surface area (Å²) in [6.45, 7) is 2.02. The number of piperazine rings is 1. The van der Waals surface area contributed by atoms with Gasteiger partial charge in [0.15, 0.2) is 5.78 Å². The van der Waals surface area contributed by atoms with E-state index in [1.54, 1.807) is 38.5 Å². The number of hydrogen-bond donors (Lipinski definition) is 0. The van der Waals surface area contributed by atoms with Gasteiger partial charge in [-0.3, -0.25) is 14.5 Å². The number of ketones is 1. The highest BCUT2D eigenvalue weighted by molar-refractivity contribution is 5.98. The first kappa shape index (κ1) is 20.9. The number of benzene rings is 2. The maximum absolute atomic E-state index is 12.8. The fraction of sp³-hybridized carbons (Fsp3) is 0.391. The van der Waals surface area contributed by atoms with Crippen molar-refractivity contribution < 1.29 is 19.1 Å². The summed E-state index contributed by atoms with van der Waals surface area (Å²) in [5.41, 5.74) is 1.64. The fourth-order valence-corrected chi connectivity index (χ4v) is 3.70. The van der Waals surface area contributed by atoms with E-state index in [0.29, 0.717) is 24.4 Å². The van der Waals surface area contributed by atoms with E-state index in [2.05, 4.69) is 11.9 Å². The van der Waals surface area contributed by atoms with E-state index < -0.39 is 0 Å². The third-order valence-corrected chi connectivity index (χ3v) is 5.46. The Labute approximate surface area is 172 Å². The largest absolute Gasteiger partial charge is 0.497 e. The molecule has 6 heteroatoms. The molecule has 154 valence electrons. The zero-order chi connectivity index (χ0) is 20.8. The predicted molar refractivity (Wildman–Crippen MR) is 112 cm³/mol. The fourth-order valence-electron chi connectivity index (χ4n) is 3.70. The first-order chi connectivity index (χ1) is 14.0. The predicted octanol–water partition coefficient (Wildman–Crippen LogP) is 3.18. The first-order valence-electron chi connectivity index (χ1n) is 9.81. The highest BCUT2D eigenvalue weighted by atomic mass is 16.5. The molecule has 1 amide bonds. The van der Waals surface area contributed by atoms with E-state index in [9.17, 15) is 9.59 Å². The number of methoxy groups -OCH3 is 2. The molecule has 1 saturated heterocycles. The number of ether oxygens (including phenoxy) is 2. The van der Waals surface area contributed by atoms with E-state index in [1.807, 2.05) is 29.2 Å². The minimum atomic E-state index is -0.0485. The number of likely N-dealkylation sites (N-methyl/N-ethyl adjacent to an activating group) is 1. The zero-order valence-electron chi connectivity index (χ0n) is 17.3. The van der Waals surface area contributed by atoms with Crippen molar-refractivity contribution in [2.24, 2.45) is 0 Å². The molecule has 0 spiro atoms. The average Bonchev–Trinajstić information content (AvgIpc) is 2.77. The smallest absolute Gasteiger partial charge is 0.223 e. The van der Waals surface area contributed by atoms with Crippen LogP contribution in [0.5, 0.6) is 11.5 Å². The van der Waals surface area contributed by atoms with Crippen molar-refractivity contribution in [3.05, 3.63) is 59.7 Å². The van der Waals surface area contributed by atoms with Crippen LogP contribution in [0.2, 0.25) is 0 Å². The van der Waals surface area contributed by atoms with Gasteiger partial charge in [-0.05, 0) is 25.2 Å². The molecule has 1 atom stereocenters. The Balaban J connectivity index is 1.62. The Morgan fingerprint density at radius 2 is 1.79 bits per heavy atom. The number of carbonyl (C=O) groups is 2. The number of para-hydroxylation sites is 1. The first-order valence-corrected chi connectivity index (χ1v) is 9.81. The van der Waals surface area contributed by atoms with Crippen LogP contribution < -0.4 is 9.47 Å². The summed E-state index contributed by atoms with van der Waals surface area (Å²) in [6, 6.07) is 15.0. The third-order valence-electron chi connectivity index (χ3n) is 5.46. The molecule has 1 aliphatic heterocycles. The molecule has 0 saturated carbocycles. The van der Waals surface area contributed by atoms with Crippen LogP contribution in [-0.2, 0) is 4.79 Å². The molecule has 2 aromatic carbocycles. The molecule has 3 rings (SSSR count). The second-order valence-corrected chi connectivity index (χ2v) is 7.23. The van der Waals surface area contributed by atoms with Crippen LogP contribution in [0, 0.1) is 0 Å². The van der Waals surface area contributed by atoms with E-state index in [1.165, 1.54) is 0 Å². The maximum atomic E-state index is 12.8. The molecule has 1 unspecified atom stereocenters. The number of amides is 1.